The van der Waals surface area contributed by atoms with Crippen LogP contribution in [-0.4, -0.2) is 64.2 Å². The Kier molecular flexibility index (Phi) is 4.04. The zero-order valence-electron chi connectivity index (χ0n) is 11.8. The summed E-state index contributed by atoms with van der Waals surface area (Å²) in [6.07, 6.45) is 1.64. The first kappa shape index (κ1) is 15.5. The lowest BCUT2D eigenvalue weighted by Crippen LogP contribution is -2.44. The molecule has 1 N–H and O–H groups in total. The Balaban J connectivity index is 2.30. The van der Waals surface area contributed by atoms with Crippen LogP contribution in [-0.2, 0) is 21.7 Å². The van der Waals surface area contributed by atoms with Gasteiger partial charge in [-0.3, -0.25) is 14.3 Å². The number of rotatable bonds is 4. The maximum Gasteiger partial charge on any atom is 0.323 e. The molecular weight excluding hydrogens is 298 g/mol. The monoisotopic (exact) mass is 315 g/mol. The second-order valence-corrected chi connectivity index (χ2v) is 7.38. The van der Waals surface area contributed by atoms with Gasteiger partial charge in [-0.25, -0.2) is 8.42 Å². The molecule has 0 aromatic carbocycles. The van der Waals surface area contributed by atoms with Gasteiger partial charge < -0.3 is 10.0 Å². The maximum absolute atomic E-state index is 12.5. The molecule has 1 aliphatic heterocycles. The SMILES string of the molecule is Cc1c(C(=O)N(CC(=O)O)C2CCS(=O)(=O)C2)cnn1C. The summed E-state index contributed by atoms with van der Waals surface area (Å²) in [6.45, 7) is 1.18. The molecule has 1 saturated heterocycles. The second-order valence-electron chi connectivity index (χ2n) is 5.15. The number of amides is 1. The van der Waals surface area contributed by atoms with Gasteiger partial charge in [-0.1, -0.05) is 0 Å². The van der Waals surface area contributed by atoms with Crippen LogP contribution >= 0.6 is 0 Å². The summed E-state index contributed by atoms with van der Waals surface area (Å²) in [5.41, 5.74) is 0.902. The van der Waals surface area contributed by atoms with Crippen molar-refractivity contribution in [1.29, 1.82) is 0 Å². The molecule has 0 spiro atoms. The van der Waals surface area contributed by atoms with E-state index in [4.69, 9.17) is 5.11 Å². The highest BCUT2D eigenvalue weighted by Gasteiger charge is 2.36. The molecule has 1 aliphatic rings. The van der Waals surface area contributed by atoms with Gasteiger partial charge >= 0.3 is 5.97 Å². The van der Waals surface area contributed by atoms with Gasteiger partial charge in [0.15, 0.2) is 9.84 Å². The van der Waals surface area contributed by atoms with Gasteiger partial charge in [0.25, 0.3) is 5.91 Å². The zero-order chi connectivity index (χ0) is 15.8. The van der Waals surface area contributed by atoms with Crippen molar-refractivity contribution in [2.24, 2.45) is 7.05 Å². The summed E-state index contributed by atoms with van der Waals surface area (Å²) >= 11 is 0. The van der Waals surface area contributed by atoms with Gasteiger partial charge in [0.2, 0.25) is 0 Å². The van der Waals surface area contributed by atoms with E-state index in [-0.39, 0.29) is 17.9 Å². The summed E-state index contributed by atoms with van der Waals surface area (Å²) in [7, 11) is -1.53. The second kappa shape index (κ2) is 5.47. The molecule has 116 valence electrons. The fraction of sp³-hybridized carbons (Fsp3) is 0.583. The van der Waals surface area contributed by atoms with E-state index >= 15 is 0 Å². The smallest absolute Gasteiger partial charge is 0.323 e. The van der Waals surface area contributed by atoms with Gasteiger partial charge in [-0.2, -0.15) is 5.10 Å². The average molecular weight is 315 g/mol. The highest BCUT2D eigenvalue weighted by Crippen LogP contribution is 2.20. The zero-order valence-corrected chi connectivity index (χ0v) is 12.6. The maximum atomic E-state index is 12.5. The van der Waals surface area contributed by atoms with Crippen molar-refractivity contribution in [2.75, 3.05) is 18.1 Å². The molecular formula is C12H17N3O5S. The van der Waals surface area contributed by atoms with Crippen LogP contribution in [0.25, 0.3) is 0 Å². The van der Waals surface area contributed by atoms with Crippen molar-refractivity contribution < 1.29 is 23.1 Å². The lowest BCUT2D eigenvalue weighted by atomic mass is 10.1. The van der Waals surface area contributed by atoms with Gasteiger partial charge in [-0.05, 0) is 13.3 Å². The minimum atomic E-state index is -3.20. The highest BCUT2D eigenvalue weighted by atomic mass is 32.2. The third-order valence-corrected chi connectivity index (χ3v) is 5.43. The number of aromatic nitrogens is 2. The highest BCUT2D eigenvalue weighted by molar-refractivity contribution is 7.91. The summed E-state index contributed by atoms with van der Waals surface area (Å²) < 4.78 is 24.6. The molecule has 1 atom stereocenters. The van der Waals surface area contributed by atoms with Crippen LogP contribution in [0.15, 0.2) is 6.20 Å². The standard InChI is InChI=1S/C12H17N3O5S/c1-8-10(5-13-14(8)2)12(18)15(6-11(16)17)9-3-4-21(19,20)7-9/h5,9H,3-4,6-7H2,1-2H3,(H,16,17). The molecule has 9 heteroatoms. The number of nitrogens with zero attached hydrogens (tertiary/aromatic N) is 3. The summed E-state index contributed by atoms with van der Waals surface area (Å²) in [4.78, 5) is 24.6. The van der Waals surface area contributed by atoms with E-state index in [0.29, 0.717) is 11.3 Å². The minimum absolute atomic E-state index is 0.0207. The number of hydrogen-bond acceptors (Lipinski definition) is 5. The molecule has 1 amide bonds. The summed E-state index contributed by atoms with van der Waals surface area (Å²) in [5.74, 6) is -1.88. The number of carbonyl (C=O) groups excluding carboxylic acids is 1. The van der Waals surface area contributed by atoms with E-state index < -0.39 is 34.3 Å². The van der Waals surface area contributed by atoms with Gasteiger partial charge in [0, 0.05) is 18.8 Å². The van der Waals surface area contributed by atoms with Crippen molar-refractivity contribution in [3.8, 4) is 0 Å². The Morgan fingerprint density at radius 2 is 2.19 bits per heavy atom. The largest absolute Gasteiger partial charge is 0.480 e. The number of carbonyl (C=O) groups is 2. The molecule has 0 saturated carbocycles. The topological polar surface area (TPSA) is 110 Å². The Labute approximate surface area is 122 Å². The molecule has 21 heavy (non-hydrogen) atoms. The summed E-state index contributed by atoms with van der Waals surface area (Å²) in [6, 6.07) is -0.599. The molecule has 1 fully saturated rings. The fourth-order valence-corrected chi connectivity index (χ4v) is 4.13. The predicted octanol–water partition coefficient (Wildman–Crippen LogP) is -0.558. The van der Waals surface area contributed by atoms with Crippen LogP contribution in [0.3, 0.4) is 0 Å². The first-order chi connectivity index (χ1) is 9.71. The molecule has 0 radical (unpaired) electrons. The van der Waals surface area contributed by atoms with Crippen LogP contribution in [0.4, 0.5) is 0 Å². The molecule has 0 aliphatic carbocycles. The average Bonchev–Trinajstić information content (AvgIpc) is 2.90. The number of sulfone groups is 1. The van der Waals surface area contributed by atoms with Crippen LogP contribution in [0.2, 0.25) is 0 Å². The van der Waals surface area contributed by atoms with Gasteiger partial charge in [0.05, 0.1) is 23.3 Å². The normalized spacial score (nSPS) is 20.4. The van der Waals surface area contributed by atoms with Crippen molar-refractivity contribution in [3.63, 3.8) is 0 Å². The predicted molar refractivity (Wildman–Crippen MR) is 73.7 cm³/mol. The fourth-order valence-electron chi connectivity index (χ4n) is 2.40. The Morgan fingerprint density at radius 3 is 2.62 bits per heavy atom. The van der Waals surface area contributed by atoms with Gasteiger partial charge in [-0.15, -0.1) is 0 Å². The summed E-state index contributed by atoms with van der Waals surface area (Å²) in [5, 5.41) is 12.9. The molecule has 0 bridgehead atoms. The van der Waals surface area contributed by atoms with Crippen LogP contribution in [0.1, 0.15) is 22.5 Å². The first-order valence-electron chi connectivity index (χ1n) is 6.43. The number of carboxylic acid groups (broad SMARTS) is 1. The quantitative estimate of drug-likeness (QED) is 0.798. The number of aliphatic carboxylic acids is 1. The molecule has 1 unspecified atom stereocenters. The molecule has 2 heterocycles. The van der Waals surface area contributed by atoms with Crippen LogP contribution < -0.4 is 0 Å². The first-order valence-corrected chi connectivity index (χ1v) is 8.25. The number of aryl methyl sites for hydroxylation is 1. The van der Waals surface area contributed by atoms with E-state index in [1.54, 1.807) is 14.0 Å². The van der Waals surface area contributed by atoms with Crippen molar-refractivity contribution in [3.05, 3.63) is 17.5 Å². The van der Waals surface area contributed by atoms with E-state index in [9.17, 15) is 18.0 Å². The third-order valence-electron chi connectivity index (χ3n) is 3.68. The van der Waals surface area contributed by atoms with E-state index in [1.165, 1.54) is 10.9 Å². The van der Waals surface area contributed by atoms with Crippen molar-refractivity contribution >= 4 is 21.7 Å². The van der Waals surface area contributed by atoms with Crippen molar-refractivity contribution in [2.45, 2.75) is 19.4 Å². The number of hydrogen-bond donors (Lipinski definition) is 1. The third kappa shape index (κ3) is 3.23. The molecule has 1 aromatic rings. The Bertz CT molecular complexity index is 679. The van der Waals surface area contributed by atoms with Crippen LogP contribution in [0, 0.1) is 6.92 Å². The van der Waals surface area contributed by atoms with Crippen molar-refractivity contribution in [1.82, 2.24) is 14.7 Å². The molecule has 1 aromatic heterocycles. The Morgan fingerprint density at radius 1 is 1.52 bits per heavy atom. The van der Waals surface area contributed by atoms with Gasteiger partial charge in [0.1, 0.15) is 6.54 Å². The van der Waals surface area contributed by atoms with E-state index in [2.05, 4.69) is 5.10 Å². The molecule has 8 nitrogen and oxygen atoms in total. The molecule has 2 rings (SSSR count). The minimum Gasteiger partial charge on any atom is -0.480 e. The number of carboxylic acids is 1. The van der Waals surface area contributed by atoms with Crippen LogP contribution in [0.5, 0.6) is 0 Å². The Hall–Kier alpha value is -1.90. The van der Waals surface area contributed by atoms with E-state index in [1.807, 2.05) is 0 Å². The van der Waals surface area contributed by atoms with E-state index in [0.717, 1.165) is 4.90 Å². The lowest BCUT2D eigenvalue weighted by Gasteiger charge is -2.26. The lowest BCUT2D eigenvalue weighted by molar-refractivity contribution is -0.138.